The summed E-state index contributed by atoms with van der Waals surface area (Å²) in [6, 6.07) is 6.25. The van der Waals surface area contributed by atoms with Crippen molar-refractivity contribution < 1.29 is 18.0 Å². The molecule has 160 valence electrons. The van der Waals surface area contributed by atoms with Crippen LogP contribution in [-0.4, -0.2) is 51.9 Å². The van der Waals surface area contributed by atoms with E-state index in [0.717, 1.165) is 57.6 Å². The van der Waals surface area contributed by atoms with E-state index in [2.05, 4.69) is 20.9 Å². The van der Waals surface area contributed by atoms with Gasteiger partial charge in [0.1, 0.15) is 5.69 Å². The van der Waals surface area contributed by atoms with Gasteiger partial charge in [-0.2, -0.15) is 13.2 Å². The predicted octanol–water partition coefficient (Wildman–Crippen LogP) is 4.01. The number of rotatable bonds is 3. The van der Waals surface area contributed by atoms with E-state index in [9.17, 15) is 18.0 Å². The Balaban J connectivity index is 1.31. The summed E-state index contributed by atoms with van der Waals surface area (Å²) in [6.45, 7) is 4.11. The Bertz CT molecular complexity index is 869. The van der Waals surface area contributed by atoms with E-state index < -0.39 is 11.9 Å². The number of carbonyl (C=O) groups excluding carboxylic acids is 1. The van der Waals surface area contributed by atoms with E-state index in [1.54, 1.807) is 11.1 Å². The fourth-order valence-electron chi connectivity index (χ4n) is 4.52. The second-order valence-corrected chi connectivity index (χ2v) is 8.36. The zero-order valence-electron chi connectivity index (χ0n) is 16.7. The number of alkyl halides is 3. The van der Waals surface area contributed by atoms with E-state index in [1.165, 1.54) is 11.6 Å². The van der Waals surface area contributed by atoms with Crippen LogP contribution in [0.2, 0.25) is 0 Å². The normalized spacial score (nSPS) is 19.8. The summed E-state index contributed by atoms with van der Waals surface area (Å²) >= 11 is 0. The molecule has 0 aliphatic carbocycles. The molecule has 4 heterocycles. The van der Waals surface area contributed by atoms with E-state index in [1.807, 2.05) is 12.3 Å². The van der Waals surface area contributed by atoms with Crippen LogP contribution in [0, 0.1) is 5.41 Å². The summed E-state index contributed by atoms with van der Waals surface area (Å²) in [5.74, 6) is -0.341. The molecule has 2 fully saturated rings. The average Bonchev–Trinajstić information content (AvgIpc) is 2.76. The molecule has 30 heavy (non-hydrogen) atoms. The maximum Gasteiger partial charge on any atom is 0.433 e. The molecule has 0 atom stereocenters. The van der Waals surface area contributed by atoms with Crippen LogP contribution in [0.25, 0.3) is 0 Å². The van der Waals surface area contributed by atoms with Crippen LogP contribution < -0.4 is 0 Å². The van der Waals surface area contributed by atoms with Crippen molar-refractivity contribution in [1.29, 1.82) is 0 Å². The SMILES string of the molecule is O=C(c1ccnc(C(F)(F)F)c1)N1CCC2(CCN(Cc3cccnc3)CC2)CC1. The smallest absolute Gasteiger partial charge is 0.339 e. The summed E-state index contributed by atoms with van der Waals surface area (Å²) in [5.41, 5.74) is 0.476. The lowest BCUT2D eigenvalue weighted by Gasteiger charge is -2.47. The second kappa shape index (κ2) is 8.34. The fourth-order valence-corrected chi connectivity index (χ4v) is 4.52. The number of nitrogens with zero attached hydrogens (tertiary/aromatic N) is 4. The minimum Gasteiger partial charge on any atom is -0.339 e. The molecule has 0 radical (unpaired) electrons. The molecule has 0 saturated carbocycles. The maximum absolute atomic E-state index is 12.9. The molecule has 2 aliphatic rings. The molecular formula is C22H25F3N4O. The van der Waals surface area contributed by atoms with Gasteiger partial charge in [-0.05, 0) is 68.0 Å². The van der Waals surface area contributed by atoms with Gasteiger partial charge in [-0.15, -0.1) is 0 Å². The lowest BCUT2D eigenvalue weighted by atomic mass is 9.71. The Morgan fingerprint density at radius 1 is 1.03 bits per heavy atom. The number of halogens is 3. The van der Waals surface area contributed by atoms with Gasteiger partial charge in [-0.25, -0.2) is 0 Å². The maximum atomic E-state index is 12.9. The highest BCUT2D eigenvalue weighted by Gasteiger charge is 2.39. The number of carbonyl (C=O) groups is 1. The van der Waals surface area contributed by atoms with Crippen LogP contribution in [-0.2, 0) is 12.7 Å². The van der Waals surface area contributed by atoms with E-state index in [-0.39, 0.29) is 16.9 Å². The fraction of sp³-hybridized carbons (Fsp3) is 0.500. The van der Waals surface area contributed by atoms with Crippen LogP contribution in [0.1, 0.15) is 47.3 Å². The third-order valence-electron chi connectivity index (χ3n) is 6.45. The van der Waals surface area contributed by atoms with Crippen molar-refractivity contribution in [3.05, 3.63) is 59.7 Å². The average molecular weight is 418 g/mol. The molecule has 2 saturated heterocycles. The van der Waals surface area contributed by atoms with Crippen molar-refractivity contribution in [2.45, 2.75) is 38.4 Å². The Hall–Kier alpha value is -2.48. The number of likely N-dealkylation sites (tertiary alicyclic amines) is 2. The van der Waals surface area contributed by atoms with Crippen LogP contribution in [0.3, 0.4) is 0 Å². The van der Waals surface area contributed by atoms with Crippen LogP contribution in [0.15, 0.2) is 42.9 Å². The van der Waals surface area contributed by atoms with Crippen LogP contribution >= 0.6 is 0 Å². The molecule has 0 unspecified atom stereocenters. The standard InChI is InChI=1S/C22H25F3N4O/c23-22(24,25)19-14-18(3-9-27-19)20(30)29-12-6-21(7-13-29)4-10-28(11-5-21)16-17-2-1-8-26-15-17/h1-3,8-9,14-15H,4-7,10-13,16H2. The van der Waals surface area contributed by atoms with Crippen molar-refractivity contribution in [1.82, 2.24) is 19.8 Å². The highest BCUT2D eigenvalue weighted by Crippen LogP contribution is 2.41. The zero-order valence-corrected chi connectivity index (χ0v) is 16.7. The van der Waals surface area contributed by atoms with Crippen molar-refractivity contribution in [2.24, 2.45) is 5.41 Å². The van der Waals surface area contributed by atoms with Gasteiger partial charge < -0.3 is 4.90 Å². The number of piperidine rings is 2. The Morgan fingerprint density at radius 3 is 2.37 bits per heavy atom. The van der Waals surface area contributed by atoms with Gasteiger partial charge in [0.2, 0.25) is 0 Å². The Labute approximate surface area is 173 Å². The van der Waals surface area contributed by atoms with Crippen LogP contribution in [0.5, 0.6) is 0 Å². The monoisotopic (exact) mass is 418 g/mol. The molecule has 2 aliphatic heterocycles. The number of hydrogen-bond acceptors (Lipinski definition) is 4. The molecule has 0 bridgehead atoms. The molecule has 2 aromatic rings. The summed E-state index contributed by atoms with van der Waals surface area (Å²) in [5, 5.41) is 0. The second-order valence-electron chi connectivity index (χ2n) is 8.36. The summed E-state index contributed by atoms with van der Waals surface area (Å²) < 4.78 is 38.7. The van der Waals surface area contributed by atoms with E-state index >= 15 is 0 Å². The van der Waals surface area contributed by atoms with E-state index in [4.69, 9.17) is 0 Å². The van der Waals surface area contributed by atoms with Gasteiger partial charge in [-0.1, -0.05) is 6.07 Å². The van der Waals surface area contributed by atoms with Crippen molar-refractivity contribution in [2.75, 3.05) is 26.2 Å². The Morgan fingerprint density at radius 2 is 1.73 bits per heavy atom. The lowest BCUT2D eigenvalue weighted by Crippen LogP contribution is -2.48. The minimum absolute atomic E-state index is 0.0552. The molecule has 1 amide bonds. The number of hydrogen-bond donors (Lipinski definition) is 0. The quantitative estimate of drug-likeness (QED) is 0.756. The summed E-state index contributed by atoms with van der Waals surface area (Å²) in [4.78, 5) is 24.4. The topological polar surface area (TPSA) is 49.3 Å². The predicted molar refractivity (Wildman–Crippen MR) is 106 cm³/mol. The Kier molecular flexibility index (Phi) is 5.77. The first-order valence-electron chi connectivity index (χ1n) is 10.3. The molecule has 0 N–H and O–H groups in total. The highest BCUT2D eigenvalue weighted by atomic mass is 19.4. The molecule has 5 nitrogen and oxygen atoms in total. The van der Waals surface area contributed by atoms with Gasteiger partial charge in [0.15, 0.2) is 0 Å². The first-order chi connectivity index (χ1) is 14.3. The van der Waals surface area contributed by atoms with Gasteiger partial charge in [0.05, 0.1) is 0 Å². The highest BCUT2D eigenvalue weighted by molar-refractivity contribution is 5.94. The lowest BCUT2D eigenvalue weighted by molar-refractivity contribution is -0.141. The van der Waals surface area contributed by atoms with Gasteiger partial charge >= 0.3 is 6.18 Å². The van der Waals surface area contributed by atoms with Gasteiger partial charge in [0, 0.05) is 43.8 Å². The molecule has 4 rings (SSSR count). The van der Waals surface area contributed by atoms with E-state index in [0.29, 0.717) is 13.1 Å². The van der Waals surface area contributed by atoms with Crippen LogP contribution in [0.4, 0.5) is 13.2 Å². The van der Waals surface area contributed by atoms with Crippen molar-refractivity contribution in [3.8, 4) is 0 Å². The molecule has 8 heteroatoms. The van der Waals surface area contributed by atoms with Gasteiger partial charge in [0.25, 0.3) is 5.91 Å². The summed E-state index contributed by atoms with van der Waals surface area (Å²) in [6.07, 6.45) is 4.15. The molecular weight excluding hydrogens is 393 g/mol. The largest absolute Gasteiger partial charge is 0.433 e. The van der Waals surface area contributed by atoms with Crippen molar-refractivity contribution >= 4 is 5.91 Å². The van der Waals surface area contributed by atoms with Crippen molar-refractivity contribution in [3.63, 3.8) is 0 Å². The third kappa shape index (κ3) is 4.64. The molecule has 1 spiro atoms. The first kappa shape index (κ1) is 20.8. The summed E-state index contributed by atoms with van der Waals surface area (Å²) in [7, 11) is 0. The number of aromatic nitrogens is 2. The number of amides is 1. The first-order valence-corrected chi connectivity index (χ1v) is 10.3. The molecule has 0 aromatic carbocycles. The molecule has 2 aromatic heterocycles. The third-order valence-corrected chi connectivity index (χ3v) is 6.45. The van der Waals surface area contributed by atoms with Gasteiger partial charge in [-0.3, -0.25) is 19.7 Å². The zero-order chi connectivity index (χ0) is 21.2. The minimum atomic E-state index is -4.55. The number of pyridine rings is 2.